The van der Waals surface area contributed by atoms with E-state index in [9.17, 15) is 4.79 Å². The summed E-state index contributed by atoms with van der Waals surface area (Å²) in [4.78, 5) is 12.1. The number of ether oxygens (including phenoxy) is 3. The Hall–Kier alpha value is -2.53. The summed E-state index contributed by atoms with van der Waals surface area (Å²) < 4.78 is 16.9. The summed E-state index contributed by atoms with van der Waals surface area (Å²) in [7, 11) is 0. The van der Waals surface area contributed by atoms with Crippen LogP contribution in [-0.2, 0) is 9.53 Å². The molecule has 1 saturated heterocycles. The number of amides is 1. The number of benzene rings is 2. The van der Waals surface area contributed by atoms with Crippen molar-refractivity contribution >= 4 is 11.6 Å². The Morgan fingerprint density at radius 2 is 1.96 bits per heavy atom. The van der Waals surface area contributed by atoms with E-state index >= 15 is 0 Å². The minimum atomic E-state index is -0.228. The fourth-order valence-corrected chi connectivity index (χ4v) is 2.62. The van der Waals surface area contributed by atoms with Gasteiger partial charge in [0.1, 0.15) is 18.1 Å². The van der Waals surface area contributed by atoms with Crippen molar-refractivity contribution in [1.29, 1.82) is 0 Å². The largest absolute Gasteiger partial charge is 0.489 e. The molecule has 0 unspecified atom stereocenters. The maximum Gasteiger partial charge on any atom is 0.262 e. The quantitative estimate of drug-likeness (QED) is 0.836. The number of aryl methyl sites for hydroxylation is 1. The maximum absolute atomic E-state index is 12.1. The van der Waals surface area contributed by atoms with Crippen LogP contribution < -0.4 is 14.8 Å². The van der Waals surface area contributed by atoms with Crippen LogP contribution in [0.15, 0.2) is 48.5 Å². The van der Waals surface area contributed by atoms with Crippen molar-refractivity contribution in [3.8, 4) is 11.5 Å². The first-order chi connectivity index (χ1) is 12.2. The van der Waals surface area contributed by atoms with E-state index in [2.05, 4.69) is 5.32 Å². The molecule has 1 fully saturated rings. The van der Waals surface area contributed by atoms with E-state index in [1.54, 1.807) is 0 Å². The van der Waals surface area contributed by atoms with Gasteiger partial charge in [-0.1, -0.05) is 29.8 Å². The van der Waals surface area contributed by atoms with Gasteiger partial charge in [-0.3, -0.25) is 4.79 Å². The molecule has 1 atom stereocenters. The minimum Gasteiger partial charge on any atom is -0.489 e. The molecule has 1 amide bonds. The van der Waals surface area contributed by atoms with Crippen LogP contribution in [0.1, 0.15) is 18.4 Å². The third-order valence-corrected chi connectivity index (χ3v) is 4.00. The lowest BCUT2D eigenvalue weighted by Gasteiger charge is -2.15. The smallest absolute Gasteiger partial charge is 0.262 e. The molecule has 1 heterocycles. The number of carbonyl (C=O) groups excluding carboxylic acids is 1. The van der Waals surface area contributed by atoms with Gasteiger partial charge in [0.2, 0.25) is 0 Å². The van der Waals surface area contributed by atoms with Crippen LogP contribution >= 0.6 is 0 Å². The first-order valence-electron chi connectivity index (χ1n) is 8.53. The Balaban J connectivity index is 1.52. The SMILES string of the molecule is Cc1ccc(OCC(=O)Nc2ccccc2OC[C@@H]2CCCO2)cc1. The standard InChI is InChI=1S/C20H23NO4/c1-15-8-10-16(11-9-15)24-14-20(22)21-18-6-2-3-7-19(18)25-13-17-5-4-12-23-17/h2-3,6-11,17H,4-5,12-14H2,1H3,(H,21,22)/t17-/m0/s1. The molecule has 0 radical (unpaired) electrons. The second-order valence-electron chi connectivity index (χ2n) is 6.09. The molecule has 0 bridgehead atoms. The molecule has 5 nitrogen and oxygen atoms in total. The van der Waals surface area contributed by atoms with Gasteiger partial charge in [0.25, 0.3) is 5.91 Å². The summed E-state index contributed by atoms with van der Waals surface area (Å²) in [6, 6.07) is 15.0. The average Bonchev–Trinajstić information content (AvgIpc) is 3.14. The molecular weight excluding hydrogens is 318 g/mol. The number of hydrogen-bond donors (Lipinski definition) is 1. The van der Waals surface area contributed by atoms with Crippen molar-refractivity contribution in [2.24, 2.45) is 0 Å². The first-order valence-corrected chi connectivity index (χ1v) is 8.53. The number of anilines is 1. The highest BCUT2D eigenvalue weighted by molar-refractivity contribution is 5.93. The molecule has 0 aliphatic carbocycles. The third-order valence-electron chi connectivity index (χ3n) is 4.00. The summed E-state index contributed by atoms with van der Waals surface area (Å²) in [5.41, 5.74) is 1.78. The lowest BCUT2D eigenvalue weighted by Crippen LogP contribution is -2.21. The zero-order valence-corrected chi connectivity index (χ0v) is 14.4. The second-order valence-corrected chi connectivity index (χ2v) is 6.09. The summed E-state index contributed by atoms with van der Waals surface area (Å²) >= 11 is 0. The third kappa shape index (κ3) is 5.22. The Bertz CT molecular complexity index is 693. The van der Waals surface area contributed by atoms with Gasteiger partial charge >= 0.3 is 0 Å². The second kappa shape index (κ2) is 8.53. The Labute approximate surface area is 147 Å². The molecule has 0 spiro atoms. The number of rotatable bonds is 7. The average molecular weight is 341 g/mol. The number of nitrogens with one attached hydrogen (secondary N) is 1. The Morgan fingerprint density at radius 1 is 1.16 bits per heavy atom. The number of hydrogen-bond acceptors (Lipinski definition) is 4. The molecule has 1 N–H and O–H groups in total. The highest BCUT2D eigenvalue weighted by Crippen LogP contribution is 2.25. The van der Waals surface area contributed by atoms with E-state index in [1.807, 2.05) is 55.5 Å². The Kier molecular flexibility index (Phi) is 5.90. The molecule has 1 aliphatic heterocycles. The molecule has 2 aromatic carbocycles. The van der Waals surface area contributed by atoms with Crippen molar-refractivity contribution in [2.45, 2.75) is 25.9 Å². The molecule has 2 aromatic rings. The van der Waals surface area contributed by atoms with Crippen molar-refractivity contribution in [1.82, 2.24) is 0 Å². The zero-order valence-electron chi connectivity index (χ0n) is 14.4. The normalized spacial score (nSPS) is 16.4. The van der Waals surface area contributed by atoms with Gasteiger partial charge in [-0.05, 0) is 44.0 Å². The van der Waals surface area contributed by atoms with Crippen LogP contribution in [0.2, 0.25) is 0 Å². The van der Waals surface area contributed by atoms with E-state index in [-0.39, 0.29) is 18.6 Å². The van der Waals surface area contributed by atoms with Gasteiger partial charge in [-0.25, -0.2) is 0 Å². The van der Waals surface area contributed by atoms with E-state index in [1.165, 1.54) is 0 Å². The molecule has 1 aliphatic rings. The van der Waals surface area contributed by atoms with E-state index < -0.39 is 0 Å². The molecular formula is C20H23NO4. The van der Waals surface area contributed by atoms with Crippen LogP contribution in [0, 0.1) is 6.92 Å². The van der Waals surface area contributed by atoms with Gasteiger partial charge in [0, 0.05) is 6.61 Å². The first kappa shape index (κ1) is 17.3. The Morgan fingerprint density at radius 3 is 2.72 bits per heavy atom. The van der Waals surface area contributed by atoms with Crippen molar-refractivity contribution in [3.05, 3.63) is 54.1 Å². The number of para-hydroxylation sites is 2. The highest BCUT2D eigenvalue weighted by atomic mass is 16.5. The monoisotopic (exact) mass is 341 g/mol. The van der Waals surface area contributed by atoms with Gasteiger partial charge < -0.3 is 19.5 Å². The van der Waals surface area contributed by atoms with E-state index in [0.717, 1.165) is 25.0 Å². The van der Waals surface area contributed by atoms with Crippen LogP contribution in [0.4, 0.5) is 5.69 Å². The zero-order chi connectivity index (χ0) is 17.5. The van der Waals surface area contributed by atoms with Crippen molar-refractivity contribution in [3.63, 3.8) is 0 Å². The van der Waals surface area contributed by atoms with Crippen molar-refractivity contribution < 1.29 is 19.0 Å². The van der Waals surface area contributed by atoms with Crippen LogP contribution in [0.25, 0.3) is 0 Å². The molecule has 132 valence electrons. The molecule has 25 heavy (non-hydrogen) atoms. The molecule has 0 aromatic heterocycles. The van der Waals surface area contributed by atoms with Gasteiger partial charge in [-0.2, -0.15) is 0 Å². The van der Waals surface area contributed by atoms with Gasteiger partial charge in [0.15, 0.2) is 6.61 Å². The number of carbonyl (C=O) groups is 1. The molecule has 0 saturated carbocycles. The fraction of sp³-hybridized carbons (Fsp3) is 0.350. The lowest BCUT2D eigenvalue weighted by molar-refractivity contribution is -0.118. The fourth-order valence-electron chi connectivity index (χ4n) is 2.62. The minimum absolute atomic E-state index is 0.0524. The topological polar surface area (TPSA) is 56.8 Å². The van der Waals surface area contributed by atoms with Crippen LogP contribution in [0.5, 0.6) is 11.5 Å². The summed E-state index contributed by atoms with van der Waals surface area (Å²) in [6.45, 7) is 3.24. The van der Waals surface area contributed by atoms with E-state index in [0.29, 0.717) is 23.8 Å². The summed E-state index contributed by atoms with van der Waals surface area (Å²) in [6.07, 6.45) is 2.22. The van der Waals surface area contributed by atoms with Crippen molar-refractivity contribution in [2.75, 3.05) is 25.1 Å². The van der Waals surface area contributed by atoms with Gasteiger partial charge in [-0.15, -0.1) is 0 Å². The molecule has 3 rings (SSSR count). The predicted octanol–water partition coefficient (Wildman–Crippen LogP) is 3.57. The van der Waals surface area contributed by atoms with E-state index in [4.69, 9.17) is 14.2 Å². The summed E-state index contributed by atoms with van der Waals surface area (Å²) in [5.74, 6) is 1.08. The van der Waals surface area contributed by atoms with Crippen LogP contribution in [0.3, 0.4) is 0 Å². The lowest BCUT2D eigenvalue weighted by atomic mass is 10.2. The summed E-state index contributed by atoms with van der Waals surface area (Å²) in [5, 5.41) is 2.84. The maximum atomic E-state index is 12.1. The highest BCUT2D eigenvalue weighted by Gasteiger charge is 2.17. The molecule has 5 heteroatoms. The van der Waals surface area contributed by atoms with Gasteiger partial charge in [0.05, 0.1) is 11.8 Å². The predicted molar refractivity (Wildman–Crippen MR) is 96.2 cm³/mol. The van der Waals surface area contributed by atoms with Crippen LogP contribution in [-0.4, -0.2) is 31.8 Å².